The average Bonchev–Trinajstić information content (AvgIpc) is 3.60. The van der Waals surface area contributed by atoms with Crippen molar-refractivity contribution in [1.29, 1.82) is 0 Å². The molecule has 9 heteroatoms. The summed E-state index contributed by atoms with van der Waals surface area (Å²) in [6.45, 7) is 0. The van der Waals surface area contributed by atoms with Gasteiger partial charge in [0.15, 0.2) is 11.6 Å². The molecule has 0 unspecified atom stereocenters. The molecule has 9 nitrogen and oxygen atoms in total. The molecule has 7 rings (SSSR count). The highest BCUT2D eigenvalue weighted by atomic mass is 16.6. The SMILES string of the molecule is O=[N+]([O-])c1ccc(-c2nnc(-c3ccc([N+](=O)[O-])cc3)n2-c2ccc(-c3ccc(C=C(c4ccccc4)c4ccccc4)cc3)cc2)cc1. The van der Waals surface area contributed by atoms with Crippen molar-refractivity contribution in [1.82, 2.24) is 14.8 Å². The number of rotatable bonds is 9. The molecule has 1 aromatic heterocycles. The summed E-state index contributed by atoms with van der Waals surface area (Å²) in [6, 6.07) is 49.2. The molecule has 0 bridgehead atoms. The molecule has 6 aromatic carbocycles. The van der Waals surface area contributed by atoms with E-state index in [1.807, 2.05) is 65.2 Å². The van der Waals surface area contributed by atoms with Crippen LogP contribution in [0.3, 0.4) is 0 Å². The van der Waals surface area contributed by atoms with Crippen LogP contribution in [0.1, 0.15) is 16.7 Å². The molecule has 236 valence electrons. The fourth-order valence-electron chi connectivity index (χ4n) is 5.68. The summed E-state index contributed by atoms with van der Waals surface area (Å²) in [5, 5.41) is 31.4. The lowest BCUT2D eigenvalue weighted by molar-refractivity contribution is -0.385. The topological polar surface area (TPSA) is 117 Å². The molecule has 0 fully saturated rings. The zero-order chi connectivity index (χ0) is 33.7. The normalized spacial score (nSPS) is 10.8. The summed E-state index contributed by atoms with van der Waals surface area (Å²) in [7, 11) is 0. The lowest BCUT2D eigenvalue weighted by Gasteiger charge is -2.12. The van der Waals surface area contributed by atoms with E-state index in [0.29, 0.717) is 22.8 Å². The molecular weight excluding hydrogens is 614 g/mol. The Balaban J connectivity index is 1.23. The Kier molecular flexibility index (Phi) is 8.37. The minimum Gasteiger partial charge on any atom is -0.275 e. The van der Waals surface area contributed by atoms with Crippen LogP contribution in [0.5, 0.6) is 0 Å². The molecule has 0 atom stereocenters. The fourth-order valence-corrected chi connectivity index (χ4v) is 5.68. The first kappa shape index (κ1) is 30.6. The average molecular weight is 642 g/mol. The van der Waals surface area contributed by atoms with Gasteiger partial charge in [0.2, 0.25) is 0 Å². The minimum atomic E-state index is -0.455. The quantitative estimate of drug-likeness (QED) is 0.0880. The van der Waals surface area contributed by atoms with Crippen molar-refractivity contribution >= 4 is 23.0 Å². The first-order valence-corrected chi connectivity index (χ1v) is 15.4. The molecule has 1 heterocycles. The van der Waals surface area contributed by atoms with Gasteiger partial charge in [-0.15, -0.1) is 10.2 Å². The number of non-ortho nitro benzene ring substituents is 2. The standard InChI is InChI=1S/C40H27N5O4/c46-44(47)36-23-17-33(18-24-36)39-41-42-40(34-19-25-37(26-20-34)45(48)49)43(39)35-21-15-30(16-22-35)29-13-11-28(12-14-29)27-38(31-7-3-1-4-8-31)32-9-5-2-6-10-32/h1-27H. The van der Waals surface area contributed by atoms with Crippen molar-refractivity contribution in [2.45, 2.75) is 0 Å². The minimum absolute atomic E-state index is 0.0346. The maximum Gasteiger partial charge on any atom is 0.269 e. The van der Waals surface area contributed by atoms with Gasteiger partial charge in [-0.2, -0.15) is 0 Å². The first-order chi connectivity index (χ1) is 23.9. The van der Waals surface area contributed by atoms with E-state index in [1.165, 1.54) is 24.3 Å². The Labute approximate surface area is 281 Å². The Bertz CT molecular complexity index is 2170. The van der Waals surface area contributed by atoms with E-state index in [2.05, 4.69) is 64.8 Å². The van der Waals surface area contributed by atoms with Gasteiger partial charge in [-0.1, -0.05) is 97.1 Å². The van der Waals surface area contributed by atoms with Crippen LogP contribution in [0.4, 0.5) is 11.4 Å². The molecule has 0 amide bonds. The zero-order valence-electron chi connectivity index (χ0n) is 26.0. The van der Waals surface area contributed by atoms with Crippen LogP contribution in [0.15, 0.2) is 158 Å². The number of hydrogen-bond donors (Lipinski definition) is 0. The van der Waals surface area contributed by atoms with Gasteiger partial charge >= 0.3 is 0 Å². The Hall–Kier alpha value is -7.00. The van der Waals surface area contributed by atoms with Gasteiger partial charge in [-0.3, -0.25) is 24.8 Å². The number of nitro benzene ring substituents is 2. The summed E-state index contributed by atoms with van der Waals surface area (Å²) in [5.74, 6) is 0.944. The largest absolute Gasteiger partial charge is 0.275 e. The predicted molar refractivity (Wildman–Crippen MR) is 191 cm³/mol. The zero-order valence-corrected chi connectivity index (χ0v) is 26.0. The van der Waals surface area contributed by atoms with Crippen molar-refractivity contribution in [3.63, 3.8) is 0 Å². The second kappa shape index (κ2) is 13.4. The second-order valence-electron chi connectivity index (χ2n) is 11.2. The van der Waals surface area contributed by atoms with Gasteiger partial charge in [0.25, 0.3) is 11.4 Å². The van der Waals surface area contributed by atoms with Crippen LogP contribution < -0.4 is 0 Å². The Morgan fingerprint density at radius 2 is 0.878 bits per heavy atom. The van der Waals surface area contributed by atoms with Gasteiger partial charge < -0.3 is 0 Å². The molecule has 0 spiro atoms. The summed E-state index contributed by atoms with van der Waals surface area (Å²) < 4.78 is 1.84. The highest BCUT2D eigenvalue weighted by Crippen LogP contribution is 2.32. The lowest BCUT2D eigenvalue weighted by Crippen LogP contribution is -2.01. The number of benzene rings is 6. The van der Waals surface area contributed by atoms with Crippen molar-refractivity contribution in [2.75, 3.05) is 0 Å². The van der Waals surface area contributed by atoms with Crippen molar-refractivity contribution in [3.8, 4) is 39.6 Å². The third-order valence-corrected chi connectivity index (χ3v) is 8.19. The summed E-state index contributed by atoms with van der Waals surface area (Å²) in [5.41, 5.74) is 8.49. The van der Waals surface area contributed by atoms with Crippen molar-refractivity contribution < 1.29 is 9.85 Å². The molecule has 0 aliphatic rings. The monoisotopic (exact) mass is 641 g/mol. The van der Waals surface area contributed by atoms with Crippen molar-refractivity contribution in [3.05, 3.63) is 195 Å². The molecule has 0 saturated carbocycles. The highest BCUT2D eigenvalue weighted by Gasteiger charge is 2.19. The van der Waals surface area contributed by atoms with E-state index in [1.54, 1.807) is 24.3 Å². The van der Waals surface area contributed by atoms with Gasteiger partial charge in [0.05, 0.1) is 9.85 Å². The van der Waals surface area contributed by atoms with Gasteiger partial charge in [-0.25, -0.2) is 0 Å². The van der Waals surface area contributed by atoms with Crippen LogP contribution >= 0.6 is 0 Å². The van der Waals surface area contributed by atoms with E-state index in [0.717, 1.165) is 39.1 Å². The van der Waals surface area contributed by atoms with Crippen LogP contribution in [0.2, 0.25) is 0 Å². The maximum atomic E-state index is 11.3. The molecule has 0 radical (unpaired) electrons. The van der Waals surface area contributed by atoms with E-state index < -0.39 is 9.85 Å². The molecule has 0 aliphatic carbocycles. The summed E-state index contributed by atoms with van der Waals surface area (Å²) in [4.78, 5) is 21.6. The third kappa shape index (κ3) is 6.49. The molecule has 49 heavy (non-hydrogen) atoms. The number of aromatic nitrogens is 3. The summed E-state index contributed by atoms with van der Waals surface area (Å²) >= 11 is 0. The number of hydrogen-bond acceptors (Lipinski definition) is 6. The molecule has 0 N–H and O–H groups in total. The maximum absolute atomic E-state index is 11.3. The molecular formula is C40H27N5O4. The van der Waals surface area contributed by atoms with Crippen LogP contribution in [0.25, 0.3) is 51.2 Å². The number of nitrogens with zero attached hydrogens (tertiary/aromatic N) is 5. The van der Waals surface area contributed by atoms with Gasteiger partial charge in [-0.05, 0) is 75.9 Å². The number of nitro groups is 2. The van der Waals surface area contributed by atoms with Crippen molar-refractivity contribution in [2.24, 2.45) is 0 Å². The molecule has 7 aromatic rings. The fraction of sp³-hybridized carbons (Fsp3) is 0. The Morgan fingerprint density at radius 1 is 0.490 bits per heavy atom. The predicted octanol–water partition coefficient (Wildman–Crippen LogP) is 9.67. The second-order valence-corrected chi connectivity index (χ2v) is 11.2. The summed E-state index contributed by atoms with van der Waals surface area (Å²) in [6.07, 6.45) is 2.20. The van der Waals surface area contributed by atoms with Crippen LogP contribution in [0, 0.1) is 20.2 Å². The van der Waals surface area contributed by atoms with Gasteiger partial charge in [0.1, 0.15) is 0 Å². The van der Waals surface area contributed by atoms with Crippen LogP contribution in [-0.4, -0.2) is 24.6 Å². The third-order valence-electron chi connectivity index (χ3n) is 8.19. The highest BCUT2D eigenvalue weighted by molar-refractivity contribution is 5.91. The lowest BCUT2D eigenvalue weighted by atomic mass is 9.95. The Morgan fingerprint density at radius 3 is 1.29 bits per heavy atom. The molecule has 0 saturated heterocycles. The van der Waals surface area contributed by atoms with E-state index in [4.69, 9.17) is 0 Å². The van der Waals surface area contributed by atoms with E-state index in [-0.39, 0.29) is 11.4 Å². The van der Waals surface area contributed by atoms with E-state index in [9.17, 15) is 20.2 Å². The smallest absolute Gasteiger partial charge is 0.269 e. The first-order valence-electron chi connectivity index (χ1n) is 15.4. The van der Waals surface area contributed by atoms with E-state index >= 15 is 0 Å². The van der Waals surface area contributed by atoms with Gasteiger partial charge in [0, 0.05) is 41.1 Å². The van der Waals surface area contributed by atoms with Crippen LogP contribution in [-0.2, 0) is 0 Å². The molecule has 0 aliphatic heterocycles.